The Morgan fingerprint density at radius 2 is 1.59 bits per heavy atom. The van der Waals surface area contributed by atoms with Crippen molar-refractivity contribution in [2.45, 2.75) is 32.6 Å². The first kappa shape index (κ1) is 23.9. The van der Waals surface area contributed by atoms with Crippen LogP contribution in [0.2, 0.25) is 0 Å². The zero-order valence-electron chi connectivity index (χ0n) is 15.0. The SMILES string of the molecule is C/C(CC(=O)C(F)(F)F)=N/NC(=O)c1ccccc1N/C(C)=C/C(=O)C(F)(F)F. The number of nitrogens with zero attached hydrogens (tertiary/aromatic N) is 1. The molecule has 0 aliphatic carbocycles. The van der Waals surface area contributed by atoms with Crippen molar-refractivity contribution in [1.29, 1.82) is 0 Å². The lowest BCUT2D eigenvalue weighted by atomic mass is 10.1. The van der Waals surface area contributed by atoms with Gasteiger partial charge in [0.05, 0.1) is 17.7 Å². The molecule has 0 heterocycles. The van der Waals surface area contributed by atoms with Gasteiger partial charge in [0.15, 0.2) is 0 Å². The molecule has 0 fully saturated rings. The number of halogens is 6. The summed E-state index contributed by atoms with van der Waals surface area (Å²) in [5, 5.41) is 5.87. The van der Waals surface area contributed by atoms with E-state index in [2.05, 4.69) is 10.4 Å². The summed E-state index contributed by atoms with van der Waals surface area (Å²) in [4.78, 5) is 34.0. The second-order valence-corrected chi connectivity index (χ2v) is 5.75. The molecule has 1 rings (SSSR count). The Labute approximate surface area is 160 Å². The van der Waals surface area contributed by atoms with Crippen LogP contribution in [-0.2, 0) is 9.59 Å². The number of nitrogens with one attached hydrogen (secondary N) is 2. The molecule has 0 atom stereocenters. The minimum Gasteiger partial charge on any atom is -0.358 e. The summed E-state index contributed by atoms with van der Waals surface area (Å²) in [7, 11) is 0. The number of rotatable bonds is 7. The van der Waals surface area contributed by atoms with Gasteiger partial charge in [0.1, 0.15) is 0 Å². The average Bonchev–Trinajstić information content (AvgIpc) is 2.58. The van der Waals surface area contributed by atoms with Crippen LogP contribution in [-0.4, -0.2) is 35.5 Å². The number of amides is 1. The van der Waals surface area contributed by atoms with Crippen LogP contribution in [0.1, 0.15) is 30.6 Å². The average molecular weight is 423 g/mol. The van der Waals surface area contributed by atoms with E-state index in [-0.39, 0.29) is 22.7 Å². The molecule has 0 aliphatic heterocycles. The number of alkyl halides is 6. The van der Waals surface area contributed by atoms with Crippen molar-refractivity contribution in [3.63, 3.8) is 0 Å². The topological polar surface area (TPSA) is 87.6 Å². The molecule has 0 unspecified atom stereocenters. The predicted molar refractivity (Wildman–Crippen MR) is 91.1 cm³/mol. The van der Waals surface area contributed by atoms with Crippen LogP contribution in [0.5, 0.6) is 0 Å². The van der Waals surface area contributed by atoms with E-state index in [4.69, 9.17) is 0 Å². The second-order valence-electron chi connectivity index (χ2n) is 5.75. The smallest absolute Gasteiger partial charge is 0.358 e. The van der Waals surface area contributed by atoms with Gasteiger partial charge >= 0.3 is 12.4 Å². The molecule has 1 amide bonds. The number of hydrogen-bond acceptors (Lipinski definition) is 5. The number of anilines is 1. The number of benzene rings is 1. The Bertz CT molecular complexity index is 857. The van der Waals surface area contributed by atoms with E-state index < -0.39 is 36.2 Å². The van der Waals surface area contributed by atoms with E-state index in [1.807, 2.05) is 5.43 Å². The third-order valence-electron chi connectivity index (χ3n) is 3.21. The Hall–Kier alpha value is -3.18. The third kappa shape index (κ3) is 7.76. The number of ketones is 2. The van der Waals surface area contributed by atoms with Gasteiger partial charge in [-0.2, -0.15) is 31.4 Å². The van der Waals surface area contributed by atoms with Crippen molar-refractivity contribution in [1.82, 2.24) is 5.43 Å². The molecule has 12 heteroatoms. The summed E-state index contributed by atoms with van der Waals surface area (Å²) in [6.07, 6.45) is -10.8. The fraction of sp³-hybridized carbons (Fsp3) is 0.294. The summed E-state index contributed by atoms with van der Waals surface area (Å²) < 4.78 is 73.5. The quantitative estimate of drug-likeness (QED) is 0.303. The Morgan fingerprint density at radius 1 is 1.00 bits per heavy atom. The van der Waals surface area contributed by atoms with E-state index in [0.29, 0.717) is 6.08 Å². The van der Waals surface area contributed by atoms with Gasteiger partial charge in [-0.25, -0.2) is 5.43 Å². The molecule has 158 valence electrons. The van der Waals surface area contributed by atoms with E-state index in [9.17, 15) is 40.7 Å². The van der Waals surface area contributed by atoms with Gasteiger partial charge in [-0.1, -0.05) is 12.1 Å². The summed E-state index contributed by atoms with van der Waals surface area (Å²) in [5.74, 6) is -5.04. The third-order valence-corrected chi connectivity index (χ3v) is 3.21. The molecule has 0 radical (unpaired) electrons. The van der Waals surface area contributed by atoms with Crippen LogP contribution in [0.25, 0.3) is 0 Å². The van der Waals surface area contributed by atoms with Crippen LogP contribution >= 0.6 is 0 Å². The van der Waals surface area contributed by atoms with Crippen molar-refractivity contribution < 1.29 is 40.7 Å². The molecule has 2 N–H and O–H groups in total. The van der Waals surface area contributed by atoms with Crippen molar-refractivity contribution in [2.75, 3.05) is 5.32 Å². The monoisotopic (exact) mass is 423 g/mol. The number of hydrazone groups is 1. The molecule has 1 aromatic carbocycles. The van der Waals surface area contributed by atoms with Gasteiger partial charge in [-0.3, -0.25) is 14.4 Å². The first-order chi connectivity index (χ1) is 13.2. The summed E-state index contributed by atoms with van der Waals surface area (Å²) in [5.41, 5.74) is 1.35. The highest BCUT2D eigenvalue weighted by atomic mass is 19.4. The van der Waals surface area contributed by atoms with Gasteiger partial charge in [0, 0.05) is 17.5 Å². The van der Waals surface area contributed by atoms with Gasteiger partial charge in [0.25, 0.3) is 11.7 Å². The van der Waals surface area contributed by atoms with Crippen LogP contribution in [0.15, 0.2) is 41.1 Å². The van der Waals surface area contributed by atoms with Crippen LogP contribution in [0, 0.1) is 0 Å². The summed E-state index contributed by atoms with van der Waals surface area (Å²) >= 11 is 0. The van der Waals surface area contributed by atoms with Crippen molar-refractivity contribution in [2.24, 2.45) is 5.10 Å². The van der Waals surface area contributed by atoms with E-state index in [1.165, 1.54) is 31.2 Å². The van der Waals surface area contributed by atoms with E-state index >= 15 is 0 Å². The van der Waals surface area contributed by atoms with Crippen molar-refractivity contribution in [3.8, 4) is 0 Å². The molecule has 0 spiro atoms. The normalized spacial score (nSPS) is 13.1. The van der Waals surface area contributed by atoms with Crippen molar-refractivity contribution >= 4 is 28.9 Å². The number of para-hydroxylation sites is 1. The number of carbonyl (C=O) groups excluding carboxylic acids is 3. The standard InChI is InChI=1S/C17H15F6N3O3/c1-9(7-13(27)16(18,19)20)24-12-6-4-3-5-11(12)15(29)26-25-10(2)8-14(28)17(21,22)23/h3-7,24H,8H2,1-2H3,(H,26,29)/b9-7+,25-10-. The van der Waals surface area contributed by atoms with E-state index in [0.717, 1.165) is 6.92 Å². The van der Waals surface area contributed by atoms with Crippen LogP contribution < -0.4 is 10.7 Å². The highest BCUT2D eigenvalue weighted by molar-refractivity contribution is 6.04. The van der Waals surface area contributed by atoms with Gasteiger partial charge in [-0.05, 0) is 26.0 Å². The molecule has 0 aliphatic rings. The maximum atomic E-state index is 12.3. The van der Waals surface area contributed by atoms with Gasteiger partial charge < -0.3 is 5.32 Å². The minimum absolute atomic E-state index is 0.0212. The molecule has 6 nitrogen and oxygen atoms in total. The minimum atomic E-state index is -5.06. The number of allylic oxidation sites excluding steroid dienone is 2. The predicted octanol–water partition coefficient (Wildman–Crippen LogP) is 3.76. The molecule has 0 bridgehead atoms. The lowest BCUT2D eigenvalue weighted by Crippen LogP contribution is -2.26. The first-order valence-electron chi connectivity index (χ1n) is 7.81. The Kier molecular flexibility index (Phi) is 7.69. The number of Topliss-reactive ketones (excluding diaryl/α,β-unsaturated/α-hetero) is 1. The van der Waals surface area contributed by atoms with Crippen LogP contribution in [0.3, 0.4) is 0 Å². The lowest BCUT2D eigenvalue weighted by Gasteiger charge is -2.12. The molecule has 29 heavy (non-hydrogen) atoms. The summed E-state index contributed by atoms with van der Waals surface area (Å²) in [6, 6.07) is 5.47. The first-order valence-corrected chi connectivity index (χ1v) is 7.81. The zero-order chi connectivity index (χ0) is 22.4. The van der Waals surface area contributed by atoms with Gasteiger partial charge in [-0.15, -0.1) is 0 Å². The van der Waals surface area contributed by atoms with Crippen molar-refractivity contribution in [3.05, 3.63) is 41.6 Å². The molecule has 1 aromatic rings. The Balaban J connectivity index is 2.92. The molecule has 0 saturated heterocycles. The Morgan fingerprint density at radius 3 is 2.14 bits per heavy atom. The number of hydrogen-bond donors (Lipinski definition) is 2. The lowest BCUT2D eigenvalue weighted by molar-refractivity contribution is -0.169. The fourth-order valence-corrected chi connectivity index (χ4v) is 1.90. The molecular weight excluding hydrogens is 408 g/mol. The molecule has 0 aromatic heterocycles. The van der Waals surface area contributed by atoms with Crippen LogP contribution in [0.4, 0.5) is 32.0 Å². The highest BCUT2D eigenvalue weighted by Crippen LogP contribution is 2.21. The molecule has 0 saturated carbocycles. The highest BCUT2D eigenvalue weighted by Gasteiger charge is 2.38. The van der Waals surface area contributed by atoms with E-state index in [1.54, 1.807) is 0 Å². The second kappa shape index (κ2) is 9.34. The van der Waals surface area contributed by atoms with Gasteiger partial charge in [0.2, 0.25) is 5.78 Å². The zero-order valence-corrected chi connectivity index (χ0v) is 15.0. The molecular formula is C17H15F6N3O3. The fourth-order valence-electron chi connectivity index (χ4n) is 1.90. The largest absolute Gasteiger partial charge is 0.454 e. The maximum absolute atomic E-state index is 12.3. The number of carbonyl (C=O) groups is 3. The maximum Gasteiger partial charge on any atom is 0.454 e. The summed E-state index contributed by atoms with van der Waals surface area (Å²) in [6.45, 7) is 2.27.